The molecule has 3 aromatic rings. The number of pyridine rings is 1. The summed E-state index contributed by atoms with van der Waals surface area (Å²) < 4.78 is 18.7. The molecule has 0 radical (unpaired) electrons. The van der Waals surface area contributed by atoms with E-state index < -0.39 is 0 Å². The van der Waals surface area contributed by atoms with Crippen LogP contribution in [0.2, 0.25) is 0 Å². The molecule has 0 unspecified atom stereocenters. The van der Waals surface area contributed by atoms with Gasteiger partial charge in [0.1, 0.15) is 12.4 Å². The molecule has 0 amide bonds. The lowest BCUT2D eigenvalue weighted by atomic mass is 10.1. The first-order valence-electron chi connectivity index (χ1n) is 7.11. The molecule has 23 heavy (non-hydrogen) atoms. The Morgan fingerprint density at radius 2 is 1.87 bits per heavy atom. The highest BCUT2D eigenvalue weighted by atomic mass is 19.1. The molecule has 0 aliphatic heterocycles. The fourth-order valence-electron chi connectivity index (χ4n) is 2.11. The quantitative estimate of drug-likeness (QED) is 0.748. The van der Waals surface area contributed by atoms with Crippen molar-refractivity contribution < 1.29 is 9.13 Å². The first-order valence-corrected chi connectivity index (χ1v) is 7.11. The van der Waals surface area contributed by atoms with E-state index in [9.17, 15) is 4.39 Å². The maximum absolute atomic E-state index is 13.1. The molecule has 2 heterocycles. The van der Waals surface area contributed by atoms with Crippen molar-refractivity contribution in [3.05, 3.63) is 54.4 Å². The van der Waals surface area contributed by atoms with Crippen LogP contribution in [0.5, 0.6) is 5.88 Å². The minimum Gasteiger partial charge on any atom is -0.472 e. The van der Waals surface area contributed by atoms with Crippen LogP contribution in [-0.4, -0.2) is 21.6 Å². The second-order valence-corrected chi connectivity index (χ2v) is 4.84. The van der Waals surface area contributed by atoms with Crippen molar-refractivity contribution in [2.45, 2.75) is 6.92 Å². The highest BCUT2D eigenvalue weighted by Gasteiger charge is 2.11. The molecule has 116 valence electrons. The van der Waals surface area contributed by atoms with Crippen molar-refractivity contribution in [2.24, 2.45) is 0 Å². The summed E-state index contributed by atoms with van der Waals surface area (Å²) in [6, 6.07) is 9.72. The van der Waals surface area contributed by atoms with E-state index in [4.69, 9.17) is 10.5 Å². The van der Waals surface area contributed by atoms with Gasteiger partial charge in [-0.1, -0.05) is 12.2 Å². The first-order chi connectivity index (χ1) is 11.2. The number of hydrogen-bond acceptors (Lipinski definition) is 5. The number of fused-ring (bicyclic) bond motifs is 1. The van der Waals surface area contributed by atoms with Gasteiger partial charge in [-0.15, -0.1) is 0 Å². The van der Waals surface area contributed by atoms with Crippen LogP contribution in [0.3, 0.4) is 0 Å². The van der Waals surface area contributed by atoms with Crippen LogP contribution in [0.1, 0.15) is 6.92 Å². The van der Waals surface area contributed by atoms with Gasteiger partial charge in [-0.3, -0.25) is 0 Å². The summed E-state index contributed by atoms with van der Waals surface area (Å²) >= 11 is 0. The van der Waals surface area contributed by atoms with Crippen LogP contribution in [-0.2, 0) is 0 Å². The third-order valence-electron chi connectivity index (χ3n) is 3.22. The van der Waals surface area contributed by atoms with E-state index in [2.05, 4.69) is 15.0 Å². The molecule has 3 rings (SSSR count). The third-order valence-corrected chi connectivity index (χ3v) is 3.22. The van der Waals surface area contributed by atoms with Gasteiger partial charge in [0.25, 0.3) is 0 Å². The maximum atomic E-state index is 13.1. The molecule has 0 atom stereocenters. The summed E-state index contributed by atoms with van der Waals surface area (Å²) in [6.45, 7) is 2.27. The van der Waals surface area contributed by atoms with Gasteiger partial charge < -0.3 is 10.5 Å². The highest BCUT2D eigenvalue weighted by Crippen LogP contribution is 2.26. The molecule has 6 heteroatoms. The number of benzene rings is 1. The predicted molar refractivity (Wildman–Crippen MR) is 87.4 cm³/mol. The minimum atomic E-state index is -0.291. The van der Waals surface area contributed by atoms with Gasteiger partial charge in [0.15, 0.2) is 5.52 Å². The van der Waals surface area contributed by atoms with E-state index in [0.717, 1.165) is 5.56 Å². The topological polar surface area (TPSA) is 73.9 Å². The summed E-state index contributed by atoms with van der Waals surface area (Å²) in [5.41, 5.74) is 8.30. The fourth-order valence-corrected chi connectivity index (χ4v) is 2.11. The standard InChI is InChI=1S/C17H15FN4O/c1-2-3-10-23-16-15-14(21-17(19)22-16)9-8-13(20-15)11-4-6-12(18)7-5-11/h2-9H,10H2,1H3,(H2,19,21,22)/b3-2+. The second kappa shape index (κ2) is 6.39. The second-order valence-electron chi connectivity index (χ2n) is 4.84. The average molecular weight is 310 g/mol. The van der Waals surface area contributed by atoms with Crippen LogP contribution >= 0.6 is 0 Å². The van der Waals surface area contributed by atoms with Gasteiger partial charge >= 0.3 is 0 Å². The van der Waals surface area contributed by atoms with Crippen molar-refractivity contribution in [1.82, 2.24) is 15.0 Å². The van der Waals surface area contributed by atoms with Crippen LogP contribution in [0.4, 0.5) is 10.3 Å². The number of nitrogens with two attached hydrogens (primary N) is 1. The fraction of sp³-hybridized carbons (Fsp3) is 0.118. The van der Waals surface area contributed by atoms with Crippen molar-refractivity contribution >= 4 is 17.0 Å². The zero-order valence-electron chi connectivity index (χ0n) is 12.5. The number of nitrogens with zero attached hydrogens (tertiary/aromatic N) is 3. The Kier molecular flexibility index (Phi) is 4.14. The van der Waals surface area contributed by atoms with Gasteiger partial charge in [0.2, 0.25) is 11.8 Å². The third kappa shape index (κ3) is 3.26. The lowest BCUT2D eigenvalue weighted by molar-refractivity contribution is 0.352. The van der Waals surface area contributed by atoms with E-state index >= 15 is 0 Å². The Labute approximate surface area is 132 Å². The summed E-state index contributed by atoms with van der Waals surface area (Å²) in [6.07, 6.45) is 3.73. The van der Waals surface area contributed by atoms with Gasteiger partial charge in [0, 0.05) is 5.56 Å². The summed E-state index contributed by atoms with van der Waals surface area (Å²) in [5, 5.41) is 0. The summed E-state index contributed by atoms with van der Waals surface area (Å²) in [5.74, 6) is 0.167. The molecule has 0 bridgehead atoms. The molecular formula is C17H15FN4O. The van der Waals surface area contributed by atoms with Crippen molar-refractivity contribution in [1.29, 1.82) is 0 Å². The van der Waals surface area contributed by atoms with Crippen molar-refractivity contribution in [3.8, 4) is 17.1 Å². The molecule has 2 N–H and O–H groups in total. The number of hydrogen-bond donors (Lipinski definition) is 1. The number of nitrogen functional groups attached to an aromatic ring is 1. The van der Waals surface area contributed by atoms with Crippen LogP contribution in [0, 0.1) is 5.82 Å². The lowest BCUT2D eigenvalue weighted by Crippen LogP contribution is -2.03. The first kappa shape index (κ1) is 14.9. The monoisotopic (exact) mass is 310 g/mol. The number of allylic oxidation sites excluding steroid dienone is 1. The van der Waals surface area contributed by atoms with Crippen LogP contribution in [0.25, 0.3) is 22.3 Å². The Morgan fingerprint density at radius 3 is 2.61 bits per heavy atom. The zero-order valence-corrected chi connectivity index (χ0v) is 12.5. The Morgan fingerprint density at radius 1 is 1.09 bits per heavy atom. The molecule has 0 saturated carbocycles. The van der Waals surface area contributed by atoms with E-state index in [1.807, 2.05) is 19.1 Å². The van der Waals surface area contributed by atoms with Gasteiger partial charge in [0.05, 0.1) is 11.2 Å². The van der Waals surface area contributed by atoms with Crippen molar-refractivity contribution in [3.63, 3.8) is 0 Å². The van der Waals surface area contributed by atoms with Crippen LogP contribution in [0.15, 0.2) is 48.6 Å². The normalized spacial score (nSPS) is 11.2. The molecule has 2 aromatic heterocycles. The molecule has 1 aromatic carbocycles. The van der Waals surface area contributed by atoms with E-state index in [1.54, 1.807) is 24.3 Å². The van der Waals surface area contributed by atoms with E-state index in [1.165, 1.54) is 12.1 Å². The van der Waals surface area contributed by atoms with Gasteiger partial charge in [-0.2, -0.15) is 4.98 Å². The minimum absolute atomic E-state index is 0.129. The highest BCUT2D eigenvalue weighted by molar-refractivity contribution is 5.83. The number of anilines is 1. The molecule has 0 saturated heterocycles. The molecule has 0 spiro atoms. The molecule has 0 fully saturated rings. The molecule has 5 nitrogen and oxygen atoms in total. The van der Waals surface area contributed by atoms with E-state index in [-0.39, 0.29) is 11.8 Å². The van der Waals surface area contributed by atoms with Gasteiger partial charge in [-0.05, 0) is 43.3 Å². The predicted octanol–water partition coefficient (Wildman–Crippen LogP) is 3.37. The number of aromatic nitrogens is 3. The SMILES string of the molecule is C/C=C/COc1nc(N)nc2ccc(-c3ccc(F)cc3)nc12. The van der Waals surface area contributed by atoms with Crippen LogP contribution < -0.4 is 10.5 Å². The smallest absolute Gasteiger partial charge is 0.245 e. The van der Waals surface area contributed by atoms with E-state index in [0.29, 0.717) is 29.2 Å². The van der Waals surface area contributed by atoms with Gasteiger partial charge in [-0.25, -0.2) is 14.4 Å². The van der Waals surface area contributed by atoms with Crippen molar-refractivity contribution in [2.75, 3.05) is 12.3 Å². The molecular weight excluding hydrogens is 295 g/mol. The average Bonchev–Trinajstić information content (AvgIpc) is 2.55. The Hall–Kier alpha value is -3.02. The molecule has 0 aliphatic rings. The summed E-state index contributed by atoms with van der Waals surface area (Å²) in [4.78, 5) is 12.8. The Balaban J connectivity index is 2.07. The lowest BCUT2D eigenvalue weighted by Gasteiger charge is -2.08. The maximum Gasteiger partial charge on any atom is 0.245 e. The molecule has 0 aliphatic carbocycles. The number of halogens is 1. The Bertz CT molecular complexity index is 862. The largest absolute Gasteiger partial charge is 0.472 e. The zero-order chi connectivity index (χ0) is 16.2. The number of ether oxygens (including phenoxy) is 1. The number of rotatable bonds is 4. The summed E-state index contributed by atoms with van der Waals surface area (Å²) in [7, 11) is 0.